The lowest BCUT2D eigenvalue weighted by molar-refractivity contribution is -0.125. The third-order valence-electron chi connectivity index (χ3n) is 5.61. The molecule has 0 radical (unpaired) electrons. The second-order valence-corrected chi connectivity index (χ2v) is 7.48. The van der Waals surface area contributed by atoms with E-state index in [1.54, 1.807) is 17.0 Å². The maximum Gasteiger partial charge on any atom is 0.346 e. The van der Waals surface area contributed by atoms with Gasteiger partial charge in [-0.25, -0.2) is 4.79 Å². The van der Waals surface area contributed by atoms with Crippen LogP contribution in [0.1, 0.15) is 29.8 Å². The van der Waals surface area contributed by atoms with Gasteiger partial charge in [0.05, 0.1) is 18.0 Å². The lowest BCUT2D eigenvalue weighted by Crippen LogP contribution is -2.43. The number of para-hydroxylation sites is 1. The van der Waals surface area contributed by atoms with E-state index in [0.29, 0.717) is 49.7 Å². The second kappa shape index (κ2) is 8.10. The predicted molar refractivity (Wildman–Crippen MR) is 103 cm³/mol. The number of benzene rings is 1. The van der Waals surface area contributed by atoms with E-state index in [0.717, 1.165) is 19.3 Å². The molecule has 1 unspecified atom stereocenters. The zero-order valence-electron chi connectivity index (χ0n) is 15.6. The van der Waals surface area contributed by atoms with E-state index in [2.05, 4.69) is 15.3 Å². The summed E-state index contributed by atoms with van der Waals surface area (Å²) in [6, 6.07) is 7.19. The minimum atomic E-state index is -0.518. The highest BCUT2D eigenvalue weighted by atomic mass is 16.5. The summed E-state index contributed by atoms with van der Waals surface area (Å²) in [6.07, 6.45) is 2.42. The Morgan fingerprint density at radius 1 is 1.21 bits per heavy atom. The zero-order valence-corrected chi connectivity index (χ0v) is 15.6. The standard InChI is InChI=1S/C20H24N4O4/c25-18(14-7-10-28-12-14)21-11-13-5-8-24(9-6-13)19(26)17-15-3-1-2-4-16(15)22-20(27)23-17/h1-4,13-14H,5-12H2,(H,21,25)(H,22,23,27). The van der Waals surface area contributed by atoms with Crippen LogP contribution in [-0.2, 0) is 9.53 Å². The van der Waals surface area contributed by atoms with E-state index < -0.39 is 5.69 Å². The number of nitrogens with zero attached hydrogens (tertiary/aromatic N) is 2. The number of H-pyrrole nitrogens is 1. The highest BCUT2D eigenvalue weighted by molar-refractivity contribution is 6.04. The van der Waals surface area contributed by atoms with Crippen LogP contribution < -0.4 is 11.0 Å². The van der Waals surface area contributed by atoms with Crippen molar-refractivity contribution in [3.8, 4) is 0 Å². The minimum absolute atomic E-state index is 0.0304. The van der Waals surface area contributed by atoms with Crippen LogP contribution in [0.5, 0.6) is 0 Å². The zero-order chi connectivity index (χ0) is 19.5. The van der Waals surface area contributed by atoms with E-state index >= 15 is 0 Å². The predicted octanol–water partition coefficient (Wildman–Crippen LogP) is 0.928. The molecule has 0 aliphatic carbocycles. The molecule has 0 saturated carbocycles. The van der Waals surface area contributed by atoms with Crippen LogP contribution in [0.15, 0.2) is 29.1 Å². The van der Waals surface area contributed by atoms with E-state index in [9.17, 15) is 14.4 Å². The van der Waals surface area contributed by atoms with Gasteiger partial charge in [0.15, 0.2) is 0 Å². The number of amides is 2. The molecule has 2 aromatic rings. The molecule has 0 spiro atoms. The third-order valence-corrected chi connectivity index (χ3v) is 5.61. The molecule has 0 bridgehead atoms. The smallest absolute Gasteiger partial charge is 0.346 e. The molecule has 1 aromatic heterocycles. The summed E-state index contributed by atoms with van der Waals surface area (Å²) < 4.78 is 5.26. The number of likely N-dealkylation sites (tertiary alicyclic amines) is 1. The first-order chi connectivity index (χ1) is 13.6. The van der Waals surface area contributed by atoms with Gasteiger partial charge in [0.25, 0.3) is 5.91 Å². The Bertz CT molecular complexity index is 927. The Morgan fingerprint density at radius 3 is 2.75 bits per heavy atom. The van der Waals surface area contributed by atoms with E-state index in [1.807, 2.05) is 12.1 Å². The van der Waals surface area contributed by atoms with Crippen molar-refractivity contribution in [1.82, 2.24) is 20.2 Å². The molecule has 4 rings (SSSR count). The van der Waals surface area contributed by atoms with Crippen LogP contribution in [0.2, 0.25) is 0 Å². The van der Waals surface area contributed by atoms with Crippen molar-refractivity contribution in [3.05, 3.63) is 40.4 Å². The lowest BCUT2D eigenvalue weighted by atomic mass is 9.96. The van der Waals surface area contributed by atoms with Gasteiger partial charge >= 0.3 is 5.69 Å². The Hall–Kier alpha value is -2.74. The molecule has 8 heteroatoms. The summed E-state index contributed by atoms with van der Waals surface area (Å²) in [7, 11) is 0. The molecule has 2 amide bonds. The molecule has 2 N–H and O–H groups in total. The van der Waals surface area contributed by atoms with Gasteiger partial charge in [0.1, 0.15) is 5.69 Å². The quantitative estimate of drug-likeness (QED) is 0.816. The molecule has 28 heavy (non-hydrogen) atoms. The van der Waals surface area contributed by atoms with Crippen molar-refractivity contribution < 1.29 is 14.3 Å². The van der Waals surface area contributed by atoms with Gasteiger partial charge in [0, 0.05) is 31.6 Å². The number of nitrogens with one attached hydrogen (secondary N) is 2. The number of hydrogen-bond donors (Lipinski definition) is 2. The molecular weight excluding hydrogens is 360 g/mol. The lowest BCUT2D eigenvalue weighted by Gasteiger charge is -2.32. The fraction of sp³-hybridized carbons (Fsp3) is 0.500. The highest BCUT2D eigenvalue weighted by Crippen LogP contribution is 2.21. The Labute approximate surface area is 162 Å². The Kier molecular flexibility index (Phi) is 5.38. The molecule has 2 fully saturated rings. The van der Waals surface area contributed by atoms with Crippen molar-refractivity contribution in [1.29, 1.82) is 0 Å². The summed E-state index contributed by atoms with van der Waals surface area (Å²) in [4.78, 5) is 45.2. The van der Waals surface area contributed by atoms with E-state index in [-0.39, 0.29) is 23.4 Å². The first kappa shape index (κ1) is 18.6. The van der Waals surface area contributed by atoms with Crippen molar-refractivity contribution >= 4 is 22.7 Å². The van der Waals surface area contributed by atoms with Crippen LogP contribution >= 0.6 is 0 Å². The van der Waals surface area contributed by atoms with Crippen LogP contribution in [0.4, 0.5) is 0 Å². The Morgan fingerprint density at radius 2 is 2.00 bits per heavy atom. The highest BCUT2D eigenvalue weighted by Gasteiger charge is 2.28. The molecule has 8 nitrogen and oxygen atoms in total. The SMILES string of the molecule is O=C(NCC1CCN(C(=O)c2nc(=O)[nH]c3ccccc23)CC1)C1CCOC1. The number of aromatic nitrogens is 2. The normalized spacial score (nSPS) is 20.4. The summed E-state index contributed by atoms with van der Waals surface area (Å²) in [5, 5.41) is 3.67. The van der Waals surface area contributed by atoms with Crippen molar-refractivity contribution in [3.63, 3.8) is 0 Å². The molecule has 1 aromatic carbocycles. The van der Waals surface area contributed by atoms with Gasteiger partial charge in [0.2, 0.25) is 5.91 Å². The van der Waals surface area contributed by atoms with Crippen molar-refractivity contribution in [2.45, 2.75) is 19.3 Å². The van der Waals surface area contributed by atoms with Crippen LogP contribution in [0.3, 0.4) is 0 Å². The first-order valence-electron chi connectivity index (χ1n) is 9.75. The molecule has 1 atom stereocenters. The van der Waals surface area contributed by atoms with Crippen molar-refractivity contribution in [2.24, 2.45) is 11.8 Å². The summed E-state index contributed by atoms with van der Waals surface area (Å²) in [5.41, 5.74) is 0.294. The number of piperidine rings is 1. The largest absolute Gasteiger partial charge is 0.381 e. The maximum absolute atomic E-state index is 12.9. The fourth-order valence-corrected chi connectivity index (χ4v) is 3.89. The average molecular weight is 384 g/mol. The first-order valence-corrected chi connectivity index (χ1v) is 9.75. The molecule has 2 aliphatic heterocycles. The number of carbonyl (C=O) groups excluding carboxylic acids is 2. The summed E-state index contributed by atoms with van der Waals surface area (Å²) in [5.74, 6) is 0.166. The van der Waals surface area contributed by atoms with Crippen LogP contribution in [0.25, 0.3) is 10.9 Å². The van der Waals surface area contributed by atoms with Crippen molar-refractivity contribution in [2.75, 3.05) is 32.8 Å². The van der Waals surface area contributed by atoms with Crippen LogP contribution in [0, 0.1) is 11.8 Å². The van der Waals surface area contributed by atoms with E-state index in [4.69, 9.17) is 4.74 Å². The van der Waals surface area contributed by atoms with Gasteiger partial charge < -0.3 is 19.9 Å². The maximum atomic E-state index is 12.9. The van der Waals surface area contributed by atoms with Gasteiger partial charge in [-0.3, -0.25) is 9.59 Å². The molecule has 148 valence electrons. The monoisotopic (exact) mass is 384 g/mol. The number of ether oxygens (including phenoxy) is 1. The number of carbonyl (C=O) groups is 2. The minimum Gasteiger partial charge on any atom is -0.381 e. The third kappa shape index (κ3) is 3.91. The van der Waals surface area contributed by atoms with Gasteiger partial charge in [-0.1, -0.05) is 18.2 Å². The average Bonchev–Trinajstić information content (AvgIpc) is 3.26. The molecule has 2 aliphatic rings. The Balaban J connectivity index is 1.35. The van der Waals surface area contributed by atoms with Crippen LogP contribution in [-0.4, -0.2) is 59.5 Å². The number of rotatable bonds is 4. The number of aromatic amines is 1. The second-order valence-electron chi connectivity index (χ2n) is 7.48. The number of hydrogen-bond acceptors (Lipinski definition) is 5. The fourth-order valence-electron chi connectivity index (χ4n) is 3.89. The molecule has 3 heterocycles. The van der Waals surface area contributed by atoms with E-state index in [1.165, 1.54) is 0 Å². The summed E-state index contributed by atoms with van der Waals surface area (Å²) >= 11 is 0. The molecular formula is C20H24N4O4. The summed E-state index contributed by atoms with van der Waals surface area (Å²) in [6.45, 7) is 2.98. The topological polar surface area (TPSA) is 104 Å². The number of fused-ring (bicyclic) bond motifs is 1. The van der Waals surface area contributed by atoms with Gasteiger partial charge in [-0.2, -0.15) is 4.98 Å². The van der Waals surface area contributed by atoms with Gasteiger partial charge in [-0.05, 0) is 31.2 Å². The van der Waals surface area contributed by atoms with Gasteiger partial charge in [-0.15, -0.1) is 0 Å². The molecule has 2 saturated heterocycles.